The number of amides is 1. The van der Waals surface area contributed by atoms with E-state index < -0.39 is 38.2 Å². The van der Waals surface area contributed by atoms with Crippen LogP contribution in [-0.2, 0) is 28.9 Å². The second-order valence-corrected chi connectivity index (χ2v) is 17.5. The smallest absolute Gasteiger partial charge is 0.259 e. The number of nitrogens with zero attached hydrogens (tertiary/aromatic N) is 6. The van der Waals surface area contributed by atoms with Crippen LogP contribution in [0, 0.1) is 11.3 Å². The summed E-state index contributed by atoms with van der Waals surface area (Å²) in [6.45, 7) is 8.65. The second-order valence-electron chi connectivity index (χ2n) is 16.1. The molecule has 6 aromatic rings. The average molecular weight is 886 g/mol. The zero-order chi connectivity index (χ0) is 44.8. The molecule has 0 radical (unpaired) electrons. The molecule has 2 aliphatic rings. The first kappa shape index (κ1) is 44.8. The van der Waals surface area contributed by atoms with E-state index in [9.17, 15) is 10.1 Å². The van der Waals surface area contributed by atoms with Gasteiger partial charge in [-0.3, -0.25) is 9.36 Å². The standard InChI is InChI=1S/C48H52N7O8P/c1-32(2)55(33(3)4)64(61-27-13-26-49)63-42-41-46(54-31-52-40-43(50-30-51-44(40)54)53-45(56)34-14-9-7-10-15-34)62-47(42,28-59-41)29-60-48(35-16-11-8-12-17-35,36-18-22-38(57-5)23-19-36)37-20-24-39(58-6)25-21-37/h7-12,14-25,30-33,41-42,46H,13,27-29H2,1-6H3,(H,50,51,53,56)/t41?,42?,46?,47-,64?/m1/s1. The fraction of sp³-hybridized carbons (Fsp3) is 0.354. The Labute approximate surface area is 374 Å². The quantitative estimate of drug-likeness (QED) is 0.0469. The van der Waals surface area contributed by atoms with Gasteiger partial charge in [0.25, 0.3) is 14.4 Å². The van der Waals surface area contributed by atoms with E-state index in [1.54, 1.807) is 49.4 Å². The number of ether oxygens (including phenoxy) is 5. The second kappa shape index (κ2) is 19.5. The third-order valence-corrected chi connectivity index (χ3v) is 13.6. The molecular weight excluding hydrogens is 834 g/mol. The van der Waals surface area contributed by atoms with E-state index in [-0.39, 0.29) is 50.1 Å². The van der Waals surface area contributed by atoms with Gasteiger partial charge in [0.05, 0.1) is 52.9 Å². The molecule has 2 bridgehead atoms. The highest BCUT2D eigenvalue weighted by Crippen LogP contribution is 2.56. The number of anilines is 1. The highest BCUT2D eigenvalue weighted by Gasteiger charge is 2.65. The molecule has 5 atom stereocenters. The molecular formula is C48H52N7O8P. The number of hydrogen-bond donors (Lipinski definition) is 1. The number of hydrogen-bond acceptors (Lipinski definition) is 13. The molecule has 4 unspecified atom stereocenters. The molecule has 332 valence electrons. The molecule has 2 aromatic heterocycles. The molecule has 2 saturated heterocycles. The van der Waals surface area contributed by atoms with Crippen LogP contribution in [-0.4, -0.2) is 94.0 Å². The van der Waals surface area contributed by atoms with Gasteiger partial charge in [0.1, 0.15) is 41.2 Å². The number of rotatable bonds is 19. The summed E-state index contributed by atoms with van der Waals surface area (Å²) in [5.41, 5.74) is 1.42. The number of imidazole rings is 1. The number of carbonyl (C=O) groups excluding carboxylic acids is 1. The van der Waals surface area contributed by atoms with Crippen LogP contribution in [0.3, 0.4) is 0 Å². The summed E-state index contributed by atoms with van der Waals surface area (Å²) in [7, 11) is 1.52. The number of nitrogens with one attached hydrogen (secondary N) is 1. The van der Waals surface area contributed by atoms with Crippen molar-refractivity contribution in [3.05, 3.63) is 144 Å². The Morgan fingerprint density at radius 2 is 1.50 bits per heavy atom. The van der Waals surface area contributed by atoms with Gasteiger partial charge in [-0.05, 0) is 80.8 Å². The van der Waals surface area contributed by atoms with Gasteiger partial charge >= 0.3 is 0 Å². The number of methoxy groups -OCH3 is 2. The molecule has 4 heterocycles. The molecule has 1 N–H and O–H groups in total. The normalized spacial score (nSPS) is 19.9. The van der Waals surface area contributed by atoms with Gasteiger partial charge in [-0.1, -0.05) is 72.8 Å². The highest BCUT2D eigenvalue weighted by molar-refractivity contribution is 7.44. The van der Waals surface area contributed by atoms with Gasteiger partial charge in [-0.25, -0.2) is 19.6 Å². The zero-order valence-electron chi connectivity index (χ0n) is 36.7. The number of benzene rings is 4. The van der Waals surface area contributed by atoms with Crippen LogP contribution < -0.4 is 14.8 Å². The third kappa shape index (κ3) is 8.71. The van der Waals surface area contributed by atoms with Gasteiger partial charge in [0.15, 0.2) is 23.2 Å². The van der Waals surface area contributed by atoms with E-state index in [1.807, 2.05) is 84.9 Å². The van der Waals surface area contributed by atoms with Crippen molar-refractivity contribution >= 4 is 31.4 Å². The minimum absolute atomic E-state index is 0.0116. The van der Waals surface area contributed by atoms with E-state index in [0.717, 1.165) is 16.7 Å². The van der Waals surface area contributed by atoms with E-state index >= 15 is 0 Å². The number of fused-ring (bicyclic) bond motifs is 3. The van der Waals surface area contributed by atoms with E-state index in [0.29, 0.717) is 28.2 Å². The lowest BCUT2D eigenvalue weighted by Crippen LogP contribution is -2.49. The summed E-state index contributed by atoms with van der Waals surface area (Å²) < 4.78 is 50.3. The first-order chi connectivity index (χ1) is 31.1. The van der Waals surface area contributed by atoms with Crippen LogP contribution in [0.1, 0.15) is 67.4 Å². The van der Waals surface area contributed by atoms with Gasteiger partial charge in [-0.15, -0.1) is 0 Å². The van der Waals surface area contributed by atoms with Crippen molar-refractivity contribution < 1.29 is 37.5 Å². The molecule has 2 aliphatic heterocycles. The Morgan fingerprint density at radius 3 is 2.09 bits per heavy atom. The summed E-state index contributed by atoms with van der Waals surface area (Å²) in [4.78, 5) is 27.0. The van der Waals surface area contributed by atoms with Crippen molar-refractivity contribution in [1.29, 1.82) is 5.26 Å². The predicted octanol–water partition coefficient (Wildman–Crippen LogP) is 8.43. The third-order valence-electron chi connectivity index (χ3n) is 11.4. The minimum atomic E-state index is -1.76. The van der Waals surface area contributed by atoms with Gasteiger partial charge in [0, 0.05) is 17.6 Å². The Balaban J connectivity index is 1.23. The molecule has 0 aliphatic carbocycles. The maximum Gasteiger partial charge on any atom is 0.259 e. The summed E-state index contributed by atoms with van der Waals surface area (Å²) in [6.07, 6.45) is 0.930. The summed E-state index contributed by atoms with van der Waals surface area (Å²) in [5.74, 6) is 1.31. The van der Waals surface area contributed by atoms with Crippen LogP contribution in [0.5, 0.6) is 11.5 Å². The first-order valence-electron chi connectivity index (χ1n) is 21.2. The van der Waals surface area contributed by atoms with Crippen molar-refractivity contribution in [1.82, 2.24) is 24.2 Å². The molecule has 15 nitrogen and oxygen atoms in total. The van der Waals surface area contributed by atoms with Crippen molar-refractivity contribution in [2.24, 2.45) is 0 Å². The lowest BCUT2D eigenvalue weighted by atomic mass is 9.79. The molecule has 0 spiro atoms. The largest absolute Gasteiger partial charge is 0.497 e. The van der Waals surface area contributed by atoms with Crippen LogP contribution in [0.4, 0.5) is 5.82 Å². The van der Waals surface area contributed by atoms with Crippen molar-refractivity contribution in [3.8, 4) is 17.6 Å². The van der Waals surface area contributed by atoms with Crippen molar-refractivity contribution in [2.45, 2.75) is 75.8 Å². The molecule has 16 heteroatoms. The van der Waals surface area contributed by atoms with Gasteiger partial charge < -0.3 is 38.0 Å². The minimum Gasteiger partial charge on any atom is -0.497 e. The van der Waals surface area contributed by atoms with Gasteiger partial charge in [0.2, 0.25) is 0 Å². The fourth-order valence-electron chi connectivity index (χ4n) is 8.47. The van der Waals surface area contributed by atoms with E-state index in [2.05, 4.69) is 53.7 Å². The lowest BCUT2D eigenvalue weighted by Gasteiger charge is -2.41. The van der Waals surface area contributed by atoms with Crippen LogP contribution in [0.25, 0.3) is 11.2 Å². The summed E-state index contributed by atoms with van der Waals surface area (Å²) >= 11 is 0. The Kier molecular flexibility index (Phi) is 13.6. The topological polar surface area (TPSA) is 164 Å². The number of carbonyl (C=O) groups is 1. The fourth-order valence-corrected chi connectivity index (χ4v) is 10.3. The average Bonchev–Trinajstić information content (AvgIpc) is 4.00. The van der Waals surface area contributed by atoms with E-state index in [4.69, 9.17) is 37.7 Å². The van der Waals surface area contributed by atoms with E-state index in [1.165, 1.54) is 6.33 Å². The number of aromatic nitrogens is 4. The van der Waals surface area contributed by atoms with Crippen LogP contribution in [0.2, 0.25) is 0 Å². The molecule has 4 aromatic carbocycles. The van der Waals surface area contributed by atoms with Crippen molar-refractivity contribution in [3.63, 3.8) is 0 Å². The van der Waals surface area contributed by atoms with Crippen molar-refractivity contribution in [2.75, 3.05) is 39.4 Å². The summed E-state index contributed by atoms with van der Waals surface area (Å²) in [5, 5.41) is 12.4. The van der Waals surface area contributed by atoms with Crippen LogP contribution >= 0.6 is 8.53 Å². The Morgan fingerprint density at radius 1 is 0.891 bits per heavy atom. The molecule has 0 saturated carbocycles. The Hall–Kier alpha value is -5.82. The monoisotopic (exact) mass is 885 g/mol. The first-order valence-corrected chi connectivity index (χ1v) is 22.3. The molecule has 1 amide bonds. The predicted molar refractivity (Wildman–Crippen MR) is 241 cm³/mol. The van der Waals surface area contributed by atoms with Crippen LogP contribution in [0.15, 0.2) is 122 Å². The molecule has 8 rings (SSSR count). The maximum absolute atomic E-state index is 13.3. The Bertz CT molecular complexity index is 2480. The highest BCUT2D eigenvalue weighted by atomic mass is 31.2. The maximum atomic E-state index is 13.3. The molecule has 2 fully saturated rings. The SMILES string of the molecule is COc1ccc(C(OC[C@@]23COC(C(n4cnc5c(NC(=O)c6ccccc6)ncnc54)O2)C3OP(OCCC#N)N(C(C)C)C(C)C)(c2ccccc2)c2ccc(OC)cc2)cc1. The molecule has 64 heavy (non-hydrogen) atoms. The lowest BCUT2D eigenvalue weighted by molar-refractivity contribution is -0.202. The van der Waals surface area contributed by atoms with Gasteiger partial charge in [-0.2, -0.15) is 5.26 Å². The zero-order valence-corrected chi connectivity index (χ0v) is 37.6. The number of nitriles is 1. The summed E-state index contributed by atoms with van der Waals surface area (Å²) in [6, 6.07) is 36.9.